The Morgan fingerprint density at radius 1 is 1.17 bits per heavy atom. The van der Waals surface area contributed by atoms with Gasteiger partial charge in [0.25, 0.3) is 0 Å². The molecule has 2 N–H and O–H groups in total. The van der Waals surface area contributed by atoms with Crippen LogP contribution in [-0.4, -0.2) is 0 Å². The summed E-state index contributed by atoms with van der Waals surface area (Å²) in [6, 6.07) is 4.43. The molecule has 0 radical (unpaired) electrons. The highest BCUT2D eigenvalue weighted by atomic mass is 35.5. The van der Waals surface area contributed by atoms with Gasteiger partial charge >= 0.3 is 0 Å². The van der Waals surface area contributed by atoms with Crippen molar-refractivity contribution < 1.29 is 0 Å². The van der Waals surface area contributed by atoms with E-state index in [9.17, 15) is 0 Å². The van der Waals surface area contributed by atoms with Crippen LogP contribution < -0.4 is 5.73 Å². The van der Waals surface area contributed by atoms with Gasteiger partial charge in [-0.1, -0.05) is 11.6 Å². The number of aryl methyl sites for hydroxylation is 3. The standard InChI is InChI=1S/C14H16ClNS2/c1-8-6-11(18-14(8)15)13(16)12-7-9-4-2-3-5-10(9)17-12/h6-7,13H,2-5,16H2,1H3. The molecule has 1 aliphatic rings. The number of hydrogen-bond acceptors (Lipinski definition) is 3. The zero-order chi connectivity index (χ0) is 12.7. The second kappa shape index (κ2) is 4.97. The Labute approximate surface area is 121 Å². The Bertz CT molecular complexity index is 527. The SMILES string of the molecule is Cc1cc(C(N)c2cc3c(s2)CCCC3)sc1Cl. The molecule has 0 aromatic carbocycles. The van der Waals surface area contributed by atoms with E-state index in [4.69, 9.17) is 17.3 Å². The highest BCUT2D eigenvalue weighted by molar-refractivity contribution is 7.17. The Morgan fingerprint density at radius 3 is 2.56 bits per heavy atom. The van der Waals surface area contributed by atoms with Gasteiger partial charge in [0.1, 0.15) is 0 Å². The molecule has 1 unspecified atom stereocenters. The average Bonchev–Trinajstić information content (AvgIpc) is 2.93. The van der Waals surface area contributed by atoms with Crippen LogP contribution in [0.5, 0.6) is 0 Å². The van der Waals surface area contributed by atoms with Crippen LogP contribution >= 0.6 is 34.3 Å². The summed E-state index contributed by atoms with van der Waals surface area (Å²) in [4.78, 5) is 4.02. The lowest BCUT2D eigenvalue weighted by Gasteiger charge is -2.08. The lowest BCUT2D eigenvalue weighted by molar-refractivity contribution is 0.696. The minimum absolute atomic E-state index is 0.00296. The van der Waals surface area contributed by atoms with Crippen LogP contribution in [0.2, 0.25) is 4.34 Å². The van der Waals surface area contributed by atoms with Crippen molar-refractivity contribution in [3.63, 3.8) is 0 Å². The van der Waals surface area contributed by atoms with E-state index in [0.29, 0.717) is 0 Å². The Hall–Kier alpha value is -0.350. The molecule has 4 heteroatoms. The normalized spacial score (nSPS) is 16.6. The second-order valence-corrected chi connectivity index (χ2v) is 7.74. The summed E-state index contributed by atoms with van der Waals surface area (Å²) < 4.78 is 0.863. The van der Waals surface area contributed by atoms with Gasteiger partial charge in [-0.15, -0.1) is 22.7 Å². The van der Waals surface area contributed by atoms with E-state index >= 15 is 0 Å². The first-order chi connectivity index (χ1) is 8.65. The lowest BCUT2D eigenvalue weighted by atomic mass is 9.99. The summed E-state index contributed by atoms with van der Waals surface area (Å²) in [6.07, 6.45) is 5.11. The molecular weight excluding hydrogens is 282 g/mol. The summed E-state index contributed by atoms with van der Waals surface area (Å²) in [5.41, 5.74) is 9.03. The Balaban J connectivity index is 1.92. The second-order valence-electron chi connectivity index (χ2n) is 4.89. The van der Waals surface area contributed by atoms with Crippen molar-refractivity contribution in [2.45, 2.75) is 38.6 Å². The lowest BCUT2D eigenvalue weighted by Crippen LogP contribution is -2.08. The smallest absolute Gasteiger partial charge is 0.0961 e. The van der Waals surface area contributed by atoms with Gasteiger partial charge in [-0.05, 0) is 55.9 Å². The summed E-state index contributed by atoms with van der Waals surface area (Å²) >= 11 is 9.63. The number of rotatable bonds is 2. The molecule has 0 spiro atoms. The molecule has 0 amide bonds. The maximum atomic E-state index is 6.37. The Kier molecular flexibility index (Phi) is 3.50. The predicted octanol–water partition coefficient (Wildman–Crippen LogP) is 4.70. The van der Waals surface area contributed by atoms with Crippen LogP contribution in [0.3, 0.4) is 0 Å². The van der Waals surface area contributed by atoms with Crippen LogP contribution in [-0.2, 0) is 12.8 Å². The molecule has 2 aromatic rings. The first-order valence-electron chi connectivity index (χ1n) is 6.28. The molecule has 1 nitrogen and oxygen atoms in total. The number of thiophene rings is 2. The van der Waals surface area contributed by atoms with E-state index in [1.165, 1.54) is 41.0 Å². The fourth-order valence-electron chi connectivity index (χ4n) is 2.44. The van der Waals surface area contributed by atoms with Gasteiger partial charge in [0, 0.05) is 14.6 Å². The fraction of sp³-hybridized carbons (Fsp3) is 0.429. The maximum absolute atomic E-state index is 6.37. The minimum Gasteiger partial charge on any atom is -0.319 e. The van der Waals surface area contributed by atoms with Gasteiger partial charge in [0.15, 0.2) is 0 Å². The van der Waals surface area contributed by atoms with Crippen LogP contribution in [0.25, 0.3) is 0 Å². The van der Waals surface area contributed by atoms with Gasteiger partial charge < -0.3 is 5.73 Å². The molecule has 0 bridgehead atoms. The largest absolute Gasteiger partial charge is 0.319 e. The third-order valence-electron chi connectivity index (χ3n) is 3.50. The molecule has 96 valence electrons. The summed E-state index contributed by atoms with van der Waals surface area (Å²) in [7, 11) is 0. The van der Waals surface area contributed by atoms with Crippen molar-refractivity contribution in [3.05, 3.63) is 42.2 Å². The van der Waals surface area contributed by atoms with E-state index in [1.807, 2.05) is 18.3 Å². The minimum atomic E-state index is -0.00296. The third-order valence-corrected chi connectivity index (χ3v) is 6.46. The molecule has 0 fully saturated rings. The quantitative estimate of drug-likeness (QED) is 0.854. The van der Waals surface area contributed by atoms with Crippen LogP contribution in [0, 0.1) is 6.92 Å². The monoisotopic (exact) mass is 297 g/mol. The van der Waals surface area contributed by atoms with Gasteiger partial charge in [0.2, 0.25) is 0 Å². The van der Waals surface area contributed by atoms with Crippen molar-refractivity contribution in [3.8, 4) is 0 Å². The zero-order valence-electron chi connectivity index (χ0n) is 10.3. The third kappa shape index (κ3) is 2.25. The number of hydrogen-bond donors (Lipinski definition) is 1. The van der Waals surface area contributed by atoms with E-state index < -0.39 is 0 Å². The molecule has 2 aromatic heterocycles. The van der Waals surface area contributed by atoms with Crippen LogP contribution in [0.1, 0.15) is 44.6 Å². The number of fused-ring (bicyclic) bond motifs is 1. The first-order valence-corrected chi connectivity index (χ1v) is 8.29. The number of halogens is 1. The van der Waals surface area contributed by atoms with Gasteiger partial charge in [-0.3, -0.25) is 0 Å². The highest BCUT2D eigenvalue weighted by Crippen LogP contribution is 2.38. The fourth-order valence-corrected chi connectivity index (χ4v) is 5.03. The summed E-state index contributed by atoms with van der Waals surface area (Å²) in [6.45, 7) is 2.04. The van der Waals surface area contributed by atoms with E-state index in [1.54, 1.807) is 16.2 Å². The molecule has 3 rings (SSSR count). The highest BCUT2D eigenvalue weighted by Gasteiger charge is 2.19. The molecule has 0 aliphatic heterocycles. The Morgan fingerprint density at radius 2 is 1.89 bits per heavy atom. The summed E-state index contributed by atoms with van der Waals surface area (Å²) in [5, 5.41) is 0. The molecule has 0 saturated heterocycles. The first kappa shape index (κ1) is 12.7. The maximum Gasteiger partial charge on any atom is 0.0961 e. The molecule has 2 heterocycles. The van der Waals surface area contributed by atoms with Crippen molar-refractivity contribution >= 4 is 34.3 Å². The molecule has 18 heavy (non-hydrogen) atoms. The molecular formula is C14H16ClNS2. The predicted molar refractivity (Wildman–Crippen MR) is 81.1 cm³/mol. The molecule has 1 atom stereocenters. The van der Waals surface area contributed by atoms with E-state index in [0.717, 1.165) is 9.90 Å². The average molecular weight is 298 g/mol. The van der Waals surface area contributed by atoms with Gasteiger partial charge in [0.05, 0.1) is 10.4 Å². The molecule has 0 saturated carbocycles. The van der Waals surface area contributed by atoms with Crippen molar-refractivity contribution in [1.29, 1.82) is 0 Å². The van der Waals surface area contributed by atoms with Crippen LogP contribution in [0.15, 0.2) is 12.1 Å². The zero-order valence-corrected chi connectivity index (χ0v) is 12.7. The molecule has 1 aliphatic carbocycles. The van der Waals surface area contributed by atoms with Crippen molar-refractivity contribution in [2.75, 3.05) is 0 Å². The van der Waals surface area contributed by atoms with E-state index in [-0.39, 0.29) is 6.04 Å². The van der Waals surface area contributed by atoms with Gasteiger partial charge in [-0.2, -0.15) is 0 Å². The van der Waals surface area contributed by atoms with E-state index in [2.05, 4.69) is 12.1 Å². The van der Waals surface area contributed by atoms with Crippen molar-refractivity contribution in [1.82, 2.24) is 0 Å². The number of nitrogens with two attached hydrogens (primary N) is 1. The topological polar surface area (TPSA) is 26.0 Å². The van der Waals surface area contributed by atoms with Crippen LogP contribution in [0.4, 0.5) is 0 Å². The summed E-state index contributed by atoms with van der Waals surface area (Å²) in [5.74, 6) is 0. The van der Waals surface area contributed by atoms with Crippen molar-refractivity contribution in [2.24, 2.45) is 5.73 Å². The van der Waals surface area contributed by atoms with Gasteiger partial charge in [-0.25, -0.2) is 0 Å².